The SMILES string of the molecule is CC[C@@H](C)Oc1[c-]c2ccccc2cc1.[Li+]. The fourth-order valence-corrected chi connectivity index (χ4v) is 1.46. The van der Waals surface area contributed by atoms with E-state index in [1.54, 1.807) is 0 Å². The van der Waals surface area contributed by atoms with Crippen molar-refractivity contribution in [3.8, 4) is 5.75 Å². The Bertz CT molecular complexity index is 453. The number of rotatable bonds is 3. The minimum atomic E-state index is 0. The molecule has 16 heavy (non-hydrogen) atoms. The molecule has 0 saturated heterocycles. The maximum Gasteiger partial charge on any atom is 1.00 e. The van der Waals surface area contributed by atoms with E-state index in [9.17, 15) is 0 Å². The van der Waals surface area contributed by atoms with E-state index in [1.165, 1.54) is 5.39 Å². The third-order valence-corrected chi connectivity index (χ3v) is 2.54. The molecule has 0 N–H and O–H groups in total. The van der Waals surface area contributed by atoms with Gasteiger partial charge in [-0.3, -0.25) is 0 Å². The molecule has 0 unspecified atom stereocenters. The zero-order valence-electron chi connectivity index (χ0n) is 10.2. The monoisotopic (exact) mass is 206 g/mol. The van der Waals surface area contributed by atoms with Crippen LogP contribution in [0.5, 0.6) is 5.75 Å². The summed E-state index contributed by atoms with van der Waals surface area (Å²) in [5, 5.41) is 2.31. The summed E-state index contributed by atoms with van der Waals surface area (Å²) in [7, 11) is 0. The minimum Gasteiger partial charge on any atom is -0.510 e. The summed E-state index contributed by atoms with van der Waals surface area (Å²) >= 11 is 0. The molecule has 0 bridgehead atoms. The van der Waals surface area contributed by atoms with Crippen LogP contribution in [0.1, 0.15) is 20.3 Å². The molecule has 0 spiro atoms. The molecule has 0 amide bonds. The molecule has 1 nitrogen and oxygen atoms in total. The normalized spacial score (nSPS) is 11.9. The average molecular weight is 206 g/mol. The Morgan fingerprint density at radius 3 is 2.69 bits per heavy atom. The fraction of sp³-hybridized carbons (Fsp3) is 0.286. The second kappa shape index (κ2) is 5.99. The molecule has 2 aromatic rings. The molecule has 2 heteroatoms. The maximum atomic E-state index is 5.72. The molecule has 0 heterocycles. The molecule has 0 radical (unpaired) electrons. The van der Waals surface area contributed by atoms with E-state index in [1.807, 2.05) is 18.2 Å². The largest absolute Gasteiger partial charge is 1.00 e. The van der Waals surface area contributed by atoms with Gasteiger partial charge in [0.05, 0.1) is 6.10 Å². The van der Waals surface area contributed by atoms with Gasteiger partial charge >= 0.3 is 18.9 Å². The van der Waals surface area contributed by atoms with Gasteiger partial charge < -0.3 is 4.74 Å². The molecule has 0 aromatic heterocycles. The van der Waals surface area contributed by atoms with Crippen LogP contribution >= 0.6 is 0 Å². The first kappa shape index (κ1) is 13.2. The molecule has 0 fully saturated rings. The van der Waals surface area contributed by atoms with E-state index in [4.69, 9.17) is 4.74 Å². The van der Waals surface area contributed by atoms with Crippen molar-refractivity contribution in [2.75, 3.05) is 0 Å². The third kappa shape index (κ3) is 3.04. The van der Waals surface area contributed by atoms with E-state index in [0.717, 1.165) is 17.6 Å². The van der Waals surface area contributed by atoms with Gasteiger partial charge in [-0.2, -0.15) is 0 Å². The molecular weight excluding hydrogens is 191 g/mol. The Balaban J connectivity index is 0.00000128. The van der Waals surface area contributed by atoms with Gasteiger partial charge in [-0.25, -0.2) is 0 Å². The van der Waals surface area contributed by atoms with E-state index in [2.05, 4.69) is 38.1 Å². The first-order valence-corrected chi connectivity index (χ1v) is 5.37. The van der Waals surface area contributed by atoms with Crippen molar-refractivity contribution < 1.29 is 23.6 Å². The number of fused-ring (bicyclic) bond motifs is 1. The Labute approximate surface area is 109 Å². The number of ether oxygens (including phenoxy) is 1. The summed E-state index contributed by atoms with van der Waals surface area (Å²) in [5.41, 5.74) is 0. The average Bonchev–Trinajstić information content (AvgIpc) is 2.29. The summed E-state index contributed by atoms with van der Waals surface area (Å²) < 4.78 is 5.72. The van der Waals surface area contributed by atoms with Crippen molar-refractivity contribution in [2.45, 2.75) is 26.4 Å². The van der Waals surface area contributed by atoms with Crippen LogP contribution in [-0.4, -0.2) is 6.10 Å². The first-order chi connectivity index (χ1) is 7.29. The van der Waals surface area contributed by atoms with E-state index >= 15 is 0 Å². The van der Waals surface area contributed by atoms with Crippen molar-refractivity contribution in [1.29, 1.82) is 0 Å². The van der Waals surface area contributed by atoms with Crippen LogP contribution in [0.3, 0.4) is 0 Å². The van der Waals surface area contributed by atoms with Crippen molar-refractivity contribution in [2.24, 2.45) is 0 Å². The molecule has 78 valence electrons. The van der Waals surface area contributed by atoms with Crippen LogP contribution in [-0.2, 0) is 0 Å². The summed E-state index contributed by atoms with van der Waals surface area (Å²) in [4.78, 5) is 0. The molecule has 0 aliphatic carbocycles. The van der Waals surface area contributed by atoms with E-state index in [0.29, 0.717) is 0 Å². The van der Waals surface area contributed by atoms with Crippen LogP contribution in [0.15, 0.2) is 36.4 Å². The van der Waals surface area contributed by atoms with Gasteiger partial charge in [0.15, 0.2) is 0 Å². The first-order valence-electron chi connectivity index (χ1n) is 5.37. The van der Waals surface area contributed by atoms with Gasteiger partial charge in [-0.05, 0) is 13.3 Å². The minimum absolute atomic E-state index is 0. The molecule has 0 saturated carbocycles. The number of benzene rings is 2. The number of hydrogen-bond donors (Lipinski definition) is 0. The predicted octanol–water partition coefficient (Wildman–Crippen LogP) is 0.821. The van der Waals surface area contributed by atoms with Crippen molar-refractivity contribution in [3.63, 3.8) is 0 Å². The summed E-state index contributed by atoms with van der Waals surface area (Å²) in [6.07, 6.45) is 1.27. The predicted molar refractivity (Wildman–Crippen MR) is 63.2 cm³/mol. The maximum absolute atomic E-state index is 5.72. The summed E-state index contributed by atoms with van der Waals surface area (Å²) in [5.74, 6) is 0.836. The zero-order valence-corrected chi connectivity index (χ0v) is 10.2. The Hall–Kier alpha value is -0.903. The third-order valence-electron chi connectivity index (χ3n) is 2.54. The van der Waals surface area contributed by atoms with Crippen LogP contribution < -0.4 is 23.6 Å². The molecule has 2 aromatic carbocycles. The summed E-state index contributed by atoms with van der Waals surface area (Å²) in [6.45, 7) is 4.19. The Morgan fingerprint density at radius 1 is 1.19 bits per heavy atom. The topological polar surface area (TPSA) is 9.23 Å². The van der Waals surface area contributed by atoms with Crippen molar-refractivity contribution in [1.82, 2.24) is 0 Å². The van der Waals surface area contributed by atoms with Gasteiger partial charge in [0, 0.05) is 5.75 Å². The molecule has 2 rings (SSSR count). The second-order valence-electron chi connectivity index (χ2n) is 3.75. The fourth-order valence-electron chi connectivity index (χ4n) is 1.46. The van der Waals surface area contributed by atoms with Gasteiger partial charge in [-0.1, -0.05) is 25.1 Å². The quantitative estimate of drug-likeness (QED) is 0.533. The molecular formula is C14H15LiO. The summed E-state index contributed by atoms with van der Waals surface area (Å²) in [6, 6.07) is 15.5. The smallest absolute Gasteiger partial charge is 0.510 e. The van der Waals surface area contributed by atoms with E-state index in [-0.39, 0.29) is 25.0 Å². The standard InChI is InChI=1S/C14H15O.Li/c1-3-11(2)15-14-9-8-12-6-4-5-7-13(12)10-14;/h4-9,11H,3H2,1-2H3;/q-1;+1/t11-;/m1./s1. The number of hydrogen-bond acceptors (Lipinski definition) is 1. The van der Waals surface area contributed by atoms with Crippen molar-refractivity contribution in [3.05, 3.63) is 42.5 Å². The molecule has 0 aliphatic heterocycles. The Kier molecular flexibility index (Phi) is 4.93. The van der Waals surface area contributed by atoms with Crippen molar-refractivity contribution >= 4 is 10.8 Å². The molecule has 0 aliphatic rings. The molecule has 1 atom stereocenters. The van der Waals surface area contributed by atoms with Gasteiger partial charge in [0.1, 0.15) is 0 Å². The van der Waals surface area contributed by atoms with E-state index < -0.39 is 0 Å². The van der Waals surface area contributed by atoms with Crippen LogP contribution in [0, 0.1) is 6.07 Å². The zero-order chi connectivity index (χ0) is 10.7. The van der Waals surface area contributed by atoms with Gasteiger partial charge in [0.2, 0.25) is 0 Å². The Morgan fingerprint density at radius 2 is 1.94 bits per heavy atom. The van der Waals surface area contributed by atoms with Gasteiger partial charge in [0.25, 0.3) is 0 Å². The van der Waals surface area contributed by atoms with Crippen LogP contribution in [0.4, 0.5) is 0 Å². The van der Waals surface area contributed by atoms with Crippen LogP contribution in [0.2, 0.25) is 0 Å². The second-order valence-corrected chi connectivity index (χ2v) is 3.75. The van der Waals surface area contributed by atoms with Crippen LogP contribution in [0.25, 0.3) is 10.8 Å². The van der Waals surface area contributed by atoms with Gasteiger partial charge in [-0.15, -0.1) is 35.0 Å².